The van der Waals surface area contributed by atoms with Crippen LogP contribution < -0.4 is 21.2 Å². The minimum absolute atomic E-state index is 0.00816. The number of nitrogens with zero attached hydrogens (tertiary/aromatic N) is 3. The van der Waals surface area contributed by atoms with E-state index in [1.165, 1.54) is 12.1 Å². The molecule has 1 aliphatic heterocycles. The molecular weight excluding hydrogens is 324 g/mol. The summed E-state index contributed by atoms with van der Waals surface area (Å²) in [6, 6.07) is 13.2. The number of aromatic nitrogens is 2. The van der Waals surface area contributed by atoms with Gasteiger partial charge in [-0.15, -0.1) is 0 Å². The van der Waals surface area contributed by atoms with Crippen LogP contribution in [0.5, 0.6) is 0 Å². The van der Waals surface area contributed by atoms with E-state index in [0.717, 1.165) is 0 Å². The Morgan fingerprint density at radius 2 is 1.88 bits per heavy atom. The van der Waals surface area contributed by atoms with Crippen molar-refractivity contribution < 1.29 is 9.49 Å². The van der Waals surface area contributed by atoms with Gasteiger partial charge in [-0.3, -0.25) is 14.9 Å². The van der Waals surface area contributed by atoms with Crippen LogP contribution in [0.2, 0.25) is 0 Å². The molecule has 4 N–H and O–H groups in total. The maximum Gasteiger partial charge on any atom is 0.367 e. The van der Waals surface area contributed by atoms with E-state index in [9.17, 15) is 14.9 Å². The summed E-state index contributed by atoms with van der Waals surface area (Å²) in [5.74, 6) is 0.550. The summed E-state index contributed by atoms with van der Waals surface area (Å²) in [5.41, 5.74) is 6.97. The van der Waals surface area contributed by atoms with Gasteiger partial charge < -0.3 is 5.73 Å². The first kappa shape index (κ1) is 14.8. The lowest BCUT2D eigenvalue weighted by Crippen LogP contribution is -2.51. The SMILES string of the molecule is NC1=N[C@@H](c2ccc([N+](=O)[O-])cc2)[n+]2c([nH]c(=O)c3ccccc32)N1. The van der Waals surface area contributed by atoms with E-state index in [2.05, 4.69) is 15.3 Å². The van der Waals surface area contributed by atoms with Crippen molar-refractivity contribution >= 4 is 28.5 Å². The predicted molar refractivity (Wildman–Crippen MR) is 91.2 cm³/mol. The zero-order valence-electron chi connectivity index (χ0n) is 12.8. The van der Waals surface area contributed by atoms with Crippen LogP contribution >= 0.6 is 0 Å². The number of nitro groups is 1. The molecule has 4 rings (SSSR count). The Kier molecular flexibility index (Phi) is 3.21. The van der Waals surface area contributed by atoms with Crippen LogP contribution in [0, 0.1) is 10.1 Å². The van der Waals surface area contributed by atoms with Crippen LogP contribution in [0.4, 0.5) is 11.6 Å². The highest BCUT2D eigenvalue weighted by Crippen LogP contribution is 2.23. The number of para-hydroxylation sites is 1. The third-order valence-electron chi connectivity index (χ3n) is 4.04. The summed E-state index contributed by atoms with van der Waals surface area (Å²) in [5, 5.41) is 14.2. The summed E-state index contributed by atoms with van der Waals surface area (Å²) in [6.07, 6.45) is -0.557. The molecule has 2 heterocycles. The fourth-order valence-electron chi connectivity index (χ4n) is 2.91. The molecule has 2 aromatic carbocycles. The fraction of sp³-hybridized carbons (Fsp3) is 0.0625. The molecule has 9 nitrogen and oxygen atoms in total. The molecule has 9 heteroatoms. The Morgan fingerprint density at radius 1 is 1.16 bits per heavy atom. The second-order valence-electron chi connectivity index (χ2n) is 5.55. The number of H-pyrrole nitrogens is 1. The highest BCUT2D eigenvalue weighted by molar-refractivity contribution is 5.91. The first-order valence-corrected chi connectivity index (χ1v) is 7.46. The number of hydrogen-bond acceptors (Lipinski definition) is 6. The smallest absolute Gasteiger partial charge is 0.357 e. The Morgan fingerprint density at radius 3 is 2.60 bits per heavy atom. The number of nitrogens with two attached hydrogens (primary N) is 1. The van der Waals surface area contributed by atoms with Gasteiger partial charge in [0, 0.05) is 17.7 Å². The highest BCUT2D eigenvalue weighted by Gasteiger charge is 2.30. The number of non-ortho nitro benzene ring substituents is 1. The van der Waals surface area contributed by atoms with E-state index in [1.54, 1.807) is 28.8 Å². The average Bonchev–Trinajstić information content (AvgIpc) is 2.61. The predicted octanol–water partition coefficient (Wildman–Crippen LogP) is 1.01. The average molecular weight is 337 g/mol. The Bertz CT molecular complexity index is 1090. The van der Waals surface area contributed by atoms with Crippen molar-refractivity contribution in [3.63, 3.8) is 0 Å². The molecule has 0 fully saturated rings. The van der Waals surface area contributed by atoms with Crippen LogP contribution in [0.1, 0.15) is 11.7 Å². The number of aromatic amines is 1. The lowest BCUT2D eigenvalue weighted by molar-refractivity contribution is -0.677. The number of nitrogens with one attached hydrogen (secondary N) is 2. The van der Waals surface area contributed by atoms with Crippen molar-refractivity contribution in [3.8, 4) is 0 Å². The van der Waals surface area contributed by atoms with Crippen molar-refractivity contribution in [1.29, 1.82) is 0 Å². The summed E-state index contributed by atoms with van der Waals surface area (Å²) >= 11 is 0. The van der Waals surface area contributed by atoms with Crippen LogP contribution in [-0.4, -0.2) is 15.9 Å². The number of benzene rings is 2. The molecule has 25 heavy (non-hydrogen) atoms. The van der Waals surface area contributed by atoms with Gasteiger partial charge in [0.05, 0.1) is 10.3 Å². The number of hydrogen-bond donors (Lipinski definition) is 3. The van der Waals surface area contributed by atoms with Gasteiger partial charge in [-0.1, -0.05) is 12.1 Å². The summed E-state index contributed by atoms with van der Waals surface area (Å²) in [7, 11) is 0. The van der Waals surface area contributed by atoms with E-state index < -0.39 is 11.1 Å². The van der Waals surface area contributed by atoms with Gasteiger partial charge in [0.1, 0.15) is 5.52 Å². The van der Waals surface area contributed by atoms with Gasteiger partial charge in [-0.2, -0.15) is 4.99 Å². The van der Waals surface area contributed by atoms with E-state index in [1.807, 2.05) is 12.1 Å². The molecule has 0 saturated heterocycles. The van der Waals surface area contributed by atoms with E-state index in [0.29, 0.717) is 22.4 Å². The topological polar surface area (TPSA) is 130 Å². The van der Waals surface area contributed by atoms with Gasteiger partial charge in [0.25, 0.3) is 11.6 Å². The summed E-state index contributed by atoms with van der Waals surface area (Å²) in [4.78, 5) is 29.8. The minimum atomic E-state index is -0.557. The van der Waals surface area contributed by atoms with Crippen molar-refractivity contribution in [3.05, 3.63) is 74.6 Å². The first-order valence-electron chi connectivity index (χ1n) is 7.46. The third kappa shape index (κ3) is 2.38. The van der Waals surface area contributed by atoms with Gasteiger partial charge in [0.2, 0.25) is 6.17 Å². The lowest BCUT2D eigenvalue weighted by atomic mass is 10.1. The highest BCUT2D eigenvalue weighted by atomic mass is 16.6. The van der Waals surface area contributed by atoms with E-state index >= 15 is 0 Å². The molecule has 124 valence electrons. The van der Waals surface area contributed by atoms with Crippen molar-refractivity contribution in [2.75, 3.05) is 5.32 Å². The number of aliphatic imine (C=N–C) groups is 1. The standard InChI is InChI=1S/C16H12N6O3/c17-15-18-13(9-5-7-10(8-6-9)22(24)25)21-12-4-2-1-3-11(12)14(23)19-16(21)20-15/h1-8,13H,(H3,17,18,19,20,23)/p+1/t13-/m1/s1. The van der Waals surface area contributed by atoms with Crippen LogP contribution in [0.25, 0.3) is 10.9 Å². The van der Waals surface area contributed by atoms with Crippen molar-refractivity contribution in [2.45, 2.75) is 6.17 Å². The number of guanidine groups is 1. The van der Waals surface area contributed by atoms with Gasteiger partial charge >= 0.3 is 11.5 Å². The maximum atomic E-state index is 12.3. The Hall–Kier alpha value is -3.75. The quantitative estimate of drug-likeness (QED) is 0.365. The second kappa shape index (κ2) is 5.41. The molecule has 1 aliphatic rings. The number of rotatable bonds is 2. The second-order valence-corrected chi connectivity index (χ2v) is 5.55. The number of nitro benzene ring substituents is 1. The number of anilines is 1. The maximum absolute atomic E-state index is 12.3. The third-order valence-corrected chi connectivity index (χ3v) is 4.04. The molecule has 0 bridgehead atoms. The molecule has 0 amide bonds. The zero-order chi connectivity index (χ0) is 17.6. The molecule has 1 atom stereocenters. The normalized spacial score (nSPS) is 16.0. The molecule has 0 spiro atoms. The summed E-state index contributed by atoms with van der Waals surface area (Å²) in [6.45, 7) is 0. The molecule has 0 radical (unpaired) electrons. The largest absolute Gasteiger partial charge is 0.367 e. The van der Waals surface area contributed by atoms with Crippen LogP contribution in [0.3, 0.4) is 0 Å². The van der Waals surface area contributed by atoms with Crippen molar-refractivity contribution in [1.82, 2.24) is 4.98 Å². The van der Waals surface area contributed by atoms with Gasteiger partial charge in [0.15, 0.2) is 0 Å². The van der Waals surface area contributed by atoms with E-state index in [4.69, 9.17) is 5.73 Å². The molecular formula is C16H13N6O3+. The molecule has 0 aliphatic carbocycles. The summed E-state index contributed by atoms with van der Waals surface area (Å²) < 4.78 is 1.80. The molecule has 0 saturated carbocycles. The van der Waals surface area contributed by atoms with Gasteiger partial charge in [-0.25, -0.2) is 14.9 Å². The van der Waals surface area contributed by atoms with Crippen LogP contribution in [-0.2, 0) is 0 Å². The zero-order valence-corrected chi connectivity index (χ0v) is 12.8. The minimum Gasteiger partial charge on any atom is -0.357 e. The number of fused-ring (bicyclic) bond motifs is 3. The van der Waals surface area contributed by atoms with Gasteiger partial charge in [-0.05, 0) is 24.3 Å². The lowest BCUT2D eigenvalue weighted by Gasteiger charge is -2.21. The van der Waals surface area contributed by atoms with Crippen LogP contribution in [0.15, 0.2) is 58.3 Å². The molecule has 3 aromatic rings. The monoisotopic (exact) mass is 337 g/mol. The molecule has 0 unspecified atom stereocenters. The Balaban J connectivity index is 1.95. The van der Waals surface area contributed by atoms with E-state index in [-0.39, 0.29) is 17.2 Å². The van der Waals surface area contributed by atoms with Crippen molar-refractivity contribution in [2.24, 2.45) is 10.7 Å². The Labute approximate surface area is 140 Å². The fourth-order valence-corrected chi connectivity index (χ4v) is 2.91. The first-order chi connectivity index (χ1) is 12.0. The molecule has 1 aromatic heterocycles.